The Balaban J connectivity index is 2.63. The van der Waals surface area contributed by atoms with Crippen LogP contribution in [0.1, 0.15) is 310 Å². The summed E-state index contributed by atoms with van der Waals surface area (Å²) in [5, 5.41) is 57.2. The first-order valence-electron chi connectivity index (χ1n) is 34.7. The molecule has 6 N–H and O–H groups in total. The van der Waals surface area contributed by atoms with Crippen LogP contribution in [-0.2, 0) is 23.8 Å². The van der Waals surface area contributed by atoms with Crippen LogP contribution in [-0.4, -0.2) is 99.6 Å². The summed E-state index contributed by atoms with van der Waals surface area (Å²) in [6, 6.07) is -1.03. The number of unbranched alkanes of at least 4 members (excludes halogenated alkanes) is 35. The highest BCUT2D eigenvalue weighted by Gasteiger charge is 2.47. The van der Waals surface area contributed by atoms with E-state index in [2.05, 4.69) is 86.8 Å². The molecule has 1 aliphatic heterocycles. The molecule has 0 saturated carbocycles. The van der Waals surface area contributed by atoms with Gasteiger partial charge in [0.15, 0.2) is 12.4 Å². The maximum absolute atomic E-state index is 13.5. The normalized spacial score (nSPS) is 19.0. The highest BCUT2D eigenvalue weighted by Crippen LogP contribution is 2.26. The molecule has 11 nitrogen and oxygen atoms in total. The van der Waals surface area contributed by atoms with E-state index in [0.717, 1.165) is 109 Å². The number of rotatable bonds is 59. The Bertz CT molecular complexity index is 1630. The Kier molecular flexibility index (Phi) is 55.9. The van der Waals surface area contributed by atoms with E-state index in [9.17, 15) is 35.1 Å². The van der Waals surface area contributed by atoms with Gasteiger partial charge in [0.25, 0.3) is 0 Å². The van der Waals surface area contributed by atoms with Crippen LogP contribution in [0.3, 0.4) is 0 Å². The minimum Gasteiger partial charge on any atom is -0.454 e. The number of carbonyl (C=O) groups excluding carboxylic acids is 2. The topological polar surface area (TPSA) is 175 Å². The second kappa shape index (κ2) is 59.4. The zero-order valence-corrected chi connectivity index (χ0v) is 53.6. The van der Waals surface area contributed by atoms with Crippen LogP contribution in [0.25, 0.3) is 0 Å². The summed E-state index contributed by atoms with van der Waals surface area (Å²) in [6.45, 7) is 5.71. The number of aliphatic hydroxyl groups is 5. The standard InChI is InChI=1S/C72H129NO10/c1-4-7-10-13-16-19-22-25-27-29-31-32-33-35-36-38-41-44-47-50-53-56-59-65(76)71(80)73-63(64(75)58-55-52-49-46-43-40-24-21-18-15-12-9-6-3)62-81-72-70(69(79)68(78)66(61-74)82-72)83-67(77)60-57-54-51-48-45-42-39-37-34-30-28-26-23-20-17-14-11-8-5-2/h7,10,16,19,25,27,31-32,35-36,55,58,63-66,68-70,72,74-76,78-79H,4-6,8-9,11-15,17-18,20-24,26,28-30,33-34,37-54,56-57,59-62H2,1-3H3,(H,73,80)/b10-7-,19-16-,27-25-,32-31-,36-35-,58-55+. The SMILES string of the molecule is CC/C=C\C/C=C\C/C=C\C/C=C\C/C=C\CCCCCCCCC(O)C(=O)NC(COC1OC(CO)C(O)C(O)C1OC(=O)CCCCCCCCCCCCCCCCCCCCC)C(O)/C=C/CCCCCCCCCCCCC. The van der Waals surface area contributed by atoms with Crippen molar-refractivity contribution in [1.29, 1.82) is 0 Å². The predicted molar refractivity (Wildman–Crippen MR) is 347 cm³/mol. The monoisotopic (exact) mass is 1170 g/mol. The zero-order chi connectivity index (χ0) is 60.3. The van der Waals surface area contributed by atoms with Gasteiger partial charge in [0.1, 0.15) is 24.4 Å². The molecule has 0 aliphatic carbocycles. The molecule has 11 heteroatoms. The van der Waals surface area contributed by atoms with E-state index in [1.54, 1.807) is 6.08 Å². The van der Waals surface area contributed by atoms with Crippen molar-refractivity contribution in [3.8, 4) is 0 Å². The molecule has 8 unspecified atom stereocenters. The third-order valence-electron chi connectivity index (χ3n) is 16.1. The summed E-state index contributed by atoms with van der Waals surface area (Å²) in [5.74, 6) is -1.20. The van der Waals surface area contributed by atoms with Crippen LogP contribution >= 0.6 is 0 Å². The number of ether oxygens (including phenoxy) is 3. The Hall–Kier alpha value is -2.90. The fourth-order valence-corrected chi connectivity index (χ4v) is 10.7. The molecular weight excluding hydrogens is 1040 g/mol. The molecule has 1 amide bonds. The fourth-order valence-electron chi connectivity index (χ4n) is 10.7. The lowest BCUT2D eigenvalue weighted by atomic mass is 9.99. The molecule has 482 valence electrons. The smallest absolute Gasteiger partial charge is 0.306 e. The number of amides is 1. The predicted octanol–water partition coefficient (Wildman–Crippen LogP) is 17.5. The Morgan fingerprint density at radius 3 is 1.30 bits per heavy atom. The number of hydrogen-bond acceptors (Lipinski definition) is 10. The van der Waals surface area contributed by atoms with Crippen molar-refractivity contribution >= 4 is 11.9 Å². The van der Waals surface area contributed by atoms with Gasteiger partial charge in [-0.1, -0.05) is 306 Å². The minimum atomic E-state index is -1.62. The van der Waals surface area contributed by atoms with Gasteiger partial charge >= 0.3 is 5.97 Å². The Morgan fingerprint density at radius 1 is 0.482 bits per heavy atom. The van der Waals surface area contributed by atoms with Crippen LogP contribution < -0.4 is 5.32 Å². The average Bonchev–Trinajstić information content (AvgIpc) is 3.54. The summed E-state index contributed by atoms with van der Waals surface area (Å²) in [7, 11) is 0. The lowest BCUT2D eigenvalue weighted by molar-refractivity contribution is -0.305. The number of nitrogens with one attached hydrogen (secondary N) is 1. The summed E-state index contributed by atoms with van der Waals surface area (Å²) >= 11 is 0. The van der Waals surface area contributed by atoms with Crippen LogP contribution in [0.5, 0.6) is 0 Å². The highest BCUT2D eigenvalue weighted by molar-refractivity contribution is 5.80. The molecule has 1 fully saturated rings. The van der Waals surface area contributed by atoms with Crippen molar-refractivity contribution in [3.63, 3.8) is 0 Å². The number of aliphatic hydroxyl groups excluding tert-OH is 5. The summed E-state index contributed by atoms with van der Waals surface area (Å²) in [4.78, 5) is 26.7. The third kappa shape index (κ3) is 46.9. The van der Waals surface area contributed by atoms with Crippen LogP contribution in [0.2, 0.25) is 0 Å². The molecule has 0 aromatic heterocycles. The van der Waals surface area contributed by atoms with Crippen molar-refractivity contribution < 1.29 is 49.3 Å². The number of esters is 1. The molecule has 8 atom stereocenters. The molecule has 0 bridgehead atoms. The van der Waals surface area contributed by atoms with E-state index in [1.165, 1.54) is 154 Å². The quantitative estimate of drug-likeness (QED) is 0.0195. The molecule has 0 aromatic carbocycles. The lowest BCUT2D eigenvalue weighted by Crippen LogP contribution is -2.61. The molecule has 1 saturated heterocycles. The first kappa shape index (κ1) is 78.1. The van der Waals surface area contributed by atoms with E-state index in [1.807, 2.05) is 6.08 Å². The van der Waals surface area contributed by atoms with Crippen molar-refractivity contribution in [1.82, 2.24) is 5.32 Å². The van der Waals surface area contributed by atoms with Gasteiger partial charge in [-0.3, -0.25) is 9.59 Å². The fraction of sp³-hybridized carbons (Fsp3) is 0.806. The number of carbonyl (C=O) groups is 2. The minimum absolute atomic E-state index is 0.124. The molecule has 0 aromatic rings. The van der Waals surface area contributed by atoms with E-state index in [4.69, 9.17) is 14.2 Å². The molecule has 1 rings (SSSR count). The zero-order valence-electron chi connectivity index (χ0n) is 53.6. The molecule has 0 spiro atoms. The highest BCUT2D eigenvalue weighted by atomic mass is 16.7. The third-order valence-corrected chi connectivity index (χ3v) is 16.1. The Labute approximate surface area is 509 Å². The van der Waals surface area contributed by atoms with E-state index in [-0.39, 0.29) is 19.4 Å². The maximum Gasteiger partial charge on any atom is 0.306 e. The number of allylic oxidation sites excluding steroid dienone is 11. The second-order valence-corrected chi connectivity index (χ2v) is 23.9. The van der Waals surface area contributed by atoms with E-state index < -0.39 is 67.4 Å². The van der Waals surface area contributed by atoms with Crippen LogP contribution in [0.4, 0.5) is 0 Å². The van der Waals surface area contributed by atoms with Crippen LogP contribution in [0, 0.1) is 0 Å². The summed E-state index contributed by atoms with van der Waals surface area (Å²) in [5.41, 5.74) is 0. The summed E-state index contributed by atoms with van der Waals surface area (Å²) in [6.07, 6.45) is 66.5. The van der Waals surface area contributed by atoms with Crippen molar-refractivity contribution in [2.24, 2.45) is 0 Å². The van der Waals surface area contributed by atoms with E-state index in [0.29, 0.717) is 12.8 Å². The van der Waals surface area contributed by atoms with Crippen molar-refractivity contribution in [2.75, 3.05) is 13.2 Å². The molecule has 1 aliphatic rings. The van der Waals surface area contributed by atoms with Gasteiger partial charge < -0.3 is 45.1 Å². The second-order valence-electron chi connectivity index (χ2n) is 23.9. The van der Waals surface area contributed by atoms with Crippen molar-refractivity contribution in [3.05, 3.63) is 72.9 Å². The van der Waals surface area contributed by atoms with Gasteiger partial charge in [-0.15, -0.1) is 0 Å². The number of hydrogen-bond donors (Lipinski definition) is 6. The Morgan fingerprint density at radius 2 is 0.867 bits per heavy atom. The van der Waals surface area contributed by atoms with Gasteiger partial charge in [-0.2, -0.15) is 0 Å². The van der Waals surface area contributed by atoms with Gasteiger partial charge in [-0.25, -0.2) is 0 Å². The van der Waals surface area contributed by atoms with Gasteiger partial charge in [-0.05, 0) is 70.6 Å². The van der Waals surface area contributed by atoms with Crippen LogP contribution in [0.15, 0.2) is 72.9 Å². The van der Waals surface area contributed by atoms with Gasteiger partial charge in [0.05, 0.1) is 25.4 Å². The lowest BCUT2D eigenvalue weighted by Gasteiger charge is -2.41. The molecule has 83 heavy (non-hydrogen) atoms. The maximum atomic E-state index is 13.5. The van der Waals surface area contributed by atoms with E-state index >= 15 is 0 Å². The largest absolute Gasteiger partial charge is 0.454 e. The first-order chi connectivity index (χ1) is 40.7. The van der Waals surface area contributed by atoms with Gasteiger partial charge in [0, 0.05) is 6.42 Å². The summed E-state index contributed by atoms with van der Waals surface area (Å²) < 4.78 is 17.7. The first-order valence-corrected chi connectivity index (χ1v) is 34.7. The van der Waals surface area contributed by atoms with Gasteiger partial charge in [0.2, 0.25) is 5.91 Å². The molecule has 1 heterocycles. The molecular formula is C72H129NO10. The van der Waals surface area contributed by atoms with Crippen molar-refractivity contribution in [2.45, 2.75) is 359 Å². The average molecular weight is 1170 g/mol. The molecule has 0 radical (unpaired) electrons.